The average molecular weight is 521 g/mol. The number of halogens is 1. The standard InChI is InChI=1S/C26H37FN4O4S/c1-7-20(4)28-26(33)23(8-2)30(17-21-14-10-9-13-19(21)3)25(32)18-31(36(34,35)29(5)6)24-16-12-11-15-22(24)27/h9-16,20,23H,7-8,17-18H2,1-6H3,(H,28,33). The highest BCUT2D eigenvalue weighted by Crippen LogP contribution is 2.24. The van der Waals surface area contributed by atoms with Gasteiger partial charge in [-0.1, -0.05) is 50.2 Å². The van der Waals surface area contributed by atoms with Crippen LogP contribution < -0.4 is 9.62 Å². The van der Waals surface area contributed by atoms with Crippen molar-refractivity contribution in [3.63, 3.8) is 0 Å². The van der Waals surface area contributed by atoms with Crippen LogP contribution in [0.3, 0.4) is 0 Å². The van der Waals surface area contributed by atoms with Gasteiger partial charge in [-0.2, -0.15) is 12.7 Å². The fraction of sp³-hybridized carbons (Fsp3) is 0.462. The Morgan fingerprint density at radius 1 is 1.00 bits per heavy atom. The molecule has 0 aliphatic rings. The summed E-state index contributed by atoms with van der Waals surface area (Å²) >= 11 is 0. The number of anilines is 1. The summed E-state index contributed by atoms with van der Waals surface area (Å²) in [4.78, 5) is 28.3. The van der Waals surface area contributed by atoms with E-state index in [1.807, 2.05) is 45.0 Å². The van der Waals surface area contributed by atoms with Crippen molar-refractivity contribution < 1.29 is 22.4 Å². The van der Waals surface area contributed by atoms with Crippen molar-refractivity contribution in [2.45, 2.75) is 59.2 Å². The second-order valence-electron chi connectivity index (χ2n) is 8.94. The van der Waals surface area contributed by atoms with E-state index in [9.17, 15) is 22.4 Å². The number of benzene rings is 2. The third-order valence-corrected chi connectivity index (χ3v) is 7.93. The normalized spacial score (nSPS) is 13.2. The third-order valence-electron chi connectivity index (χ3n) is 6.13. The zero-order valence-corrected chi connectivity index (χ0v) is 22.7. The molecule has 0 fully saturated rings. The highest BCUT2D eigenvalue weighted by molar-refractivity contribution is 7.90. The van der Waals surface area contributed by atoms with Crippen molar-refractivity contribution in [3.05, 3.63) is 65.5 Å². The largest absolute Gasteiger partial charge is 0.352 e. The number of carbonyl (C=O) groups excluding carboxylic acids is 2. The van der Waals surface area contributed by atoms with Gasteiger partial charge in [-0.3, -0.25) is 9.59 Å². The minimum absolute atomic E-state index is 0.0917. The lowest BCUT2D eigenvalue weighted by Crippen LogP contribution is -2.54. The number of aryl methyl sites for hydroxylation is 1. The van der Waals surface area contributed by atoms with E-state index in [4.69, 9.17) is 0 Å². The highest BCUT2D eigenvalue weighted by atomic mass is 32.2. The van der Waals surface area contributed by atoms with Crippen molar-refractivity contribution in [1.82, 2.24) is 14.5 Å². The molecule has 36 heavy (non-hydrogen) atoms. The lowest BCUT2D eigenvalue weighted by atomic mass is 10.1. The third kappa shape index (κ3) is 7.04. The molecular weight excluding hydrogens is 483 g/mol. The maximum Gasteiger partial charge on any atom is 0.304 e. The Hall–Kier alpha value is -2.98. The summed E-state index contributed by atoms with van der Waals surface area (Å²) in [5.74, 6) is -1.71. The summed E-state index contributed by atoms with van der Waals surface area (Å²) in [5.41, 5.74) is 1.51. The van der Waals surface area contributed by atoms with E-state index in [0.29, 0.717) is 6.42 Å². The average Bonchev–Trinajstić information content (AvgIpc) is 2.83. The predicted molar refractivity (Wildman–Crippen MR) is 140 cm³/mol. The van der Waals surface area contributed by atoms with Gasteiger partial charge >= 0.3 is 10.2 Å². The quantitative estimate of drug-likeness (QED) is 0.464. The van der Waals surface area contributed by atoms with Gasteiger partial charge in [0, 0.05) is 26.7 Å². The molecule has 0 aliphatic heterocycles. The molecule has 2 amide bonds. The number of hydrogen-bond acceptors (Lipinski definition) is 4. The van der Waals surface area contributed by atoms with E-state index >= 15 is 0 Å². The topological polar surface area (TPSA) is 90.0 Å². The van der Waals surface area contributed by atoms with E-state index in [1.165, 1.54) is 37.2 Å². The zero-order valence-electron chi connectivity index (χ0n) is 21.9. The summed E-state index contributed by atoms with van der Waals surface area (Å²) in [6.07, 6.45) is 1.04. The van der Waals surface area contributed by atoms with Crippen LogP contribution in [0.1, 0.15) is 44.7 Å². The summed E-state index contributed by atoms with van der Waals surface area (Å²) in [6.45, 7) is 6.96. The fourth-order valence-electron chi connectivity index (χ4n) is 3.69. The summed E-state index contributed by atoms with van der Waals surface area (Å²) in [5, 5.41) is 2.93. The van der Waals surface area contributed by atoms with E-state index in [-0.39, 0.29) is 24.2 Å². The van der Waals surface area contributed by atoms with E-state index < -0.39 is 34.5 Å². The Kier molecular flexibility index (Phi) is 10.4. The molecule has 0 aromatic heterocycles. The van der Waals surface area contributed by atoms with Gasteiger partial charge in [-0.05, 0) is 49.9 Å². The van der Waals surface area contributed by atoms with Crippen molar-refractivity contribution in [1.29, 1.82) is 0 Å². The second kappa shape index (κ2) is 12.8. The van der Waals surface area contributed by atoms with E-state index in [2.05, 4.69) is 5.32 Å². The minimum atomic E-state index is -4.22. The fourth-order valence-corrected chi connectivity index (χ4v) is 4.75. The molecule has 2 rings (SSSR count). The highest BCUT2D eigenvalue weighted by Gasteiger charge is 2.35. The smallest absolute Gasteiger partial charge is 0.304 e. The van der Waals surface area contributed by atoms with Gasteiger partial charge in [0.05, 0.1) is 5.69 Å². The van der Waals surface area contributed by atoms with Crippen molar-refractivity contribution in [3.8, 4) is 0 Å². The van der Waals surface area contributed by atoms with Crippen LogP contribution in [-0.4, -0.2) is 62.2 Å². The zero-order chi connectivity index (χ0) is 27.0. The predicted octanol–water partition coefficient (Wildman–Crippen LogP) is 3.47. The molecule has 0 spiro atoms. The first-order valence-corrected chi connectivity index (χ1v) is 13.4. The molecule has 2 unspecified atom stereocenters. The van der Waals surface area contributed by atoms with E-state index in [1.54, 1.807) is 6.92 Å². The summed E-state index contributed by atoms with van der Waals surface area (Å²) in [7, 11) is -1.60. The first-order chi connectivity index (χ1) is 16.9. The van der Waals surface area contributed by atoms with Gasteiger partial charge in [0.15, 0.2) is 0 Å². The van der Waals surface area contributed by atoms with Gasteiger partial charge in [-0.15, -0.1) is 0 Å². The monoisotopic (exact) mass is 520 g/mol. The number of nitrogens with one attached hydrogen (secondary N) is 1. The first kappa shape index (κ1) is 29.3. The Morgan fingerprint density at radius 2 is 1.61 bits per heavy atom. The van der Waals surface area contributed by atoms with Crippen molar-refractivity contribution in [2.24, 2.45) is 0 Å². The summed E-state index contributed by atoms with van der Waals surface area (Å²) in [6, 6.07) is 11.9. The maximum absolute atomic E-state index is 14.7. The minimum Gasteiger partial charge on any atom is -0.352 e. The number of rotatable bonds is 12. The first-order valence-electron chi connectivity index (χ1n) is 12.0. The maximum atomic E-state index is 14.7. The van der Waals surface area contributed by atoms with Crippen LogP contribution in [0.4, 0.5) is 10.1 Å². The summed E-state index contributed by atoms with van der Waals surface area (Å²) < 4.78 is 42.7. The van der Waals surface area contributed by atoms with Gasteiger partial charge in [0.25, 0.3) is 0 Å². The van der Waals surface area contributed by atoms with Gasteiger partial charge in [-0.25, -0.2) is 8.70 Å². The number of para-hydroxylation sites is 1. The Balaban J connectivity index is 2.54. The second-order valence-corrected chi connectivity index (χ2v) is 11.0. The lowest BCUT2D eigenvalue weighted by molar-refractivity contribution is -0.140. The van der Waals surface area contributed by atoms with Crippen LogP contribution in [0.25, 0.3) is 0 Å². The molecule has 1 N–H and O–H groups in total. The molecule has 0 saturated heterocycles. The van der Waals surface area contributed by atoms with Crippen molar-refractivity contribution >= 4 is 27.7 Å². The molecule has 0 heterocycles. The number of hydrogen-bond donors (Lipinski definition) is 1. The van der Waals surface area contributed by atoms with Crippen LogP contribution in [0.15, 0.2) is 48.5 Å². The van der Waals surface area contributed by atoms with Gasteiger partial charge in [0.1, 0.15) is 18.4 Å². The molecule has 8 nitrogen and oxygen atoms in total. The molecule has 0 saturated carbocycles. The van der Waals surface area contributed by atoms with Gasteiger partial charge in [0.2, 0.25) is 11.8 Å². The molecule has 0 radical (unpaired) electrons. The molecule has 2 atom stereocenters. The Labute approximate surface area is 214 Å². The van der Waals surface area contributed by atoms with E-state index in [0.717, 1.165) is 32.2 Å². The molecular formula is C26H37FN4O4S. The van der Waals surface area contributed by atoms with Crippen LogP contribution in [0.5, 0.6) is 0 Å². The van der Waals surface area contributed by atoms with Crippen molar-refractivity contribution in [2.75, 3.05) is 24.9 Å². The molecule has 0 bridgehead atoms. The molecule has 198 valence electrons. The number of amides is 2. The number of carbonyl (C=O) groups is 2. The SMILES string of the molecule is CCC(C)NC(=O)C(CC)N(Cc1ccccc1C)C(=O)CN(c1ccccc1F)S(=O)(=O)N(C)C. The molecule has 2 aromatic carbocycles. The molecule has 0 aliphatic carbocycles. The van der Waals surface area contributed by atoms with Crippen LogP contribution in [-0.2, 0) is 26.3 Å². The Bertz CT molecular complexity index is 1160. The van der Waals surface area contributed by atoms with Crippen LogP contribution in [0.2, 0.25) is 0 Å². The Morgan fingerprint density at radius 3 is 2.17 bits per heavy atom. The van der Waals surface area contributed by atoms with Gasteiger partial charge < -0.3 is 10.2 Å². The van der Waals surface area contributed by atoms with Crippen LogP contribution >= 0.6 is 0 Å². The molecule has 10 heteroatoms. The lowest BCUT2D eigenvalue weighted by Gasteiger charge is -2.34. The van der Waals surface area contributed by atoms with Crippen LogP contribution in [0, 0.1) is 12.7 Å². The molecule has 2 aromatic rings. The number of nitrogens with zero attached hydrogens (tertiary/aromatic N) is 3.